The third kappa shape index (κ3) is 4.86. The van der Waals surface area contributed by atoms with E-state index in [9.17, 15) is 13.2 Å². The molecular formula is C20H24N2O6S. The van der Waals surface area contributed by atoms with Crippen molar-refractivity contribution in [3.63, 3.8) is 0 Å². The lowest BCUT2D eigenvalue weighted by Crippen LogP contribution is -2.31. The fraction of sp³-hybridized carbons (Fsp3) is 0.300. The Labute approximate surface area is 170 Å². The van der Waals surface area contributed by atoms with Crippen molar-refractivity contribution in [1.29, 1.82) is 0 Å². The standard InChI is InChI=1S/C20H24N2O6S/c1-6-8-16-18(7-2)29(24,25)21-19(16)22(3)11-12-28-20(23)15-10-9-14(26-4)13-17(15)27-5/h6-10,13H,2,11-12H2,1,3-5H3/b8-6-. The molecule has 8 nitrogen and oxygen atoms in total. The normalized spacial score (nSPS) is 15.2. The van der Waals surface area contributed by atoms with Gasteiger partial charge in [0.25, 0.3) is 10.0 Å². The van der Waals surface area contributed by atoms with E-state index in [1.54, 1.807) is 49.2 Å². The molecule has 1 aromatic rings. The SMILES string of the molecule is C=CC1=C(/C=C\C)C(N(C)CCOC(=O)c2ccc(OC)cc2OC)=NS1(=O)=O. The molecule has 0 amide bonds. The van der Waals surface area contributed by atoms with Crippen LogP contribution in [0.15, 0.2) is 57.9 Å². The predicted octanol–water partition coefficient (Wildman–Crippen LogP) is 2.55. The average molecular weight is 420 g/mol. The van der Waals surface area contributed by atoms with Crippen molar-refractivity contribution in [2.45, 2.75) is 6.92 Å². The number of ether oxygens (including phenoxy) is 3. The fourth-order valence-electron chi connectivity index (χ4n) is 2.70. The first-order valence-electron chi connectivity index (χ1n) is 8.74. The molecule has 1 heterocycles. The number of carbonyl (C=O) groups excluding carboxylic acids is 1. The Morgan fingerprint density at radius 1 is 1.28 bits per heavy atom. The zero-order valence-electron chi connectivity index (χ0n) is 16.8. The van der Waals surface area contributed by atoms with E-state index in [0.29, 0.717) is 17.1 Å². The Bertz CT molecular complexity index is 992. The first kappa shape index (κ1) is 22.2. The molecule has 0 atom stereocenters. The highest BCUT2D eigenvalue weighted by atomic mass is 32.2. The second kappa shape index (κ2) is 9.42. The van der Waals surface area contributed by atoms with Crippen molar-refractivity contribution >= 4 is 21.8 Å². The molecule has 0 N–H and O–H groups in total. The summed E-state index contributed by atoms with van der Waals surface area (Å²) < 4.78 is 43.8. The summed E-state index contributed by atoms with van der Waals surface area (Å²) in [5, 5.41) is 0. The summed E-state index contributed by atoms with van der Waals surface area (Å²) in [6.07, 6.45) is 4.65. The molecule has 0 spiro atoms. The van der Waals surface area contributed by atoms with E-state index in [2.05, 4.69) is 11.0 Å². The first-order chi connectivity index (χ1) is 13.8. The smallest absolute Gasteiger partial charge is 0.341 e. The average Bonchev–Trinajstić information content (AvgIpc) is 2.97. The fourth-order valence-corrected chi connectivity index (χ4v) is 3.91. The van der Waals surface area contributed by atoms with Gasteiger partial charge in [0, 0.05) is 18.7 Å². The minimum Gasteiger partial charge on any atom is -0.497 e. The Morgan fingerprint density at radius 2 is 2.00 bits per heavy atom. The highest BCUT2D eigenvalue weighted by Gasteiger charge is 2.30. The number of methoxy groups -OCH3 is 2. The number of sulfonamides is 1. The van der Waals surface area contributed by atoms with Crippen molar-refractivity contribution in [1.82, 2.24) is 4.90 Å². The maximum absolute atomic E-state index is 12.4. The molecule has 0 aliphatic carbocycles. The molecular weight excluding hydrogens is 396 g/mol. The first-order valence-corrected chi connectivity index (χ1v) is 10.2. The molecule has 0 saturated heterocycles. The van der Waals surface area contributed by atoms with Crippen LogP contribution in [-0.4, -0.2) is 59.5 Å². The van der Waals surface area contributed by atoms with Gasteiger partial charge in [0.2, 0.25) is 0 Å². The lowest BCUT2D eigenvalue weighted by Gasteiger charge is -2.19. The largest absolute Gasteiger partial charge is 0.497 e. The van der Waals surface area contributed by atoms with E-state index in [4.69, 9.17) is 14.2 Å². The summed E-state index contributed by atoms with van der Waals surface area (Å²) in [6.45, 7) is 5.60. The van der Waals surface area contributed by atoms with Crippen molar-refractivity contribution in [3.8, 4) is 11.5 Å². The number of allylic oxidation sites excluding steroid dienone is 2. The molecule has 1 aliphatic rings. The molecule has 1 aliphatic heterocycles. The van der Waals surface area contributed by atoms with E-state index < -0.39 is 16.0 Å². The predicted molar refractivity (Wildman–Crippen MR) is 111 cm³/mol. The van der Waals surface area contributed by atoms with Gasteiger partial charge in [-0.3, -0.25) is 0 Å². The summed E-state index contributed by atoms with van der Waals surface area (Å²) in [5.41, 5.74) is 0.716. The molecule has 0 saturated carbocycles. The Balaban J connectivity index is 2.08. The van der Waals surface area contributed by atoms with Gasteiger partial charge in [0.1, 0.15) is 23.7 Å². The van der Waals surface area contributed by atoms with E-state index in [0.717, 1.165) is 0 Å². The van der Waals surface area contributed by atoms with Crippen LogP contribution >= 0.6 is 0 Å². The van der Waals surface area contributed by atoms with Gasteiger partial charge in [-0.25, -0.2) is 4.79 Å². The van der Waals surface area contributed by atoms with Crippen LogP contribution in [0.2, 0.25) is 0 Å². The van der Waals surface area contributed by atoms with Crippen LogP contribution < -0.4 is 9.47 Å². The topological polar surface area (TPSA) is 94.5 Å². The summed E-state index contributed by atoms with van der Waals surface area (Å²) in [5.74, 6) is 0.605. The van der Waals surface area contributed by atoms with Crippen LogP contribution in [0, 0.1) is 0 Å². The van der Waals surface area contributed by atoms with Crippen molar-refractivity contribution < 1.29 is 27.4 Å². The zero-order chi connectivity index (χ0) is 21.6. The summed E-state index contributed by atoms with van der Waals surface area (Å²) in [4.78, 5) is 14.0. The van der Waals surface area contributed by atoms with Crippen LogP contribution in [-0.2, 0) is 14.8 Å². The zero-order valence-corrected chi connectivity index (χ0v) is 17.7. The van der Waals surface area contributed by atoms with Gasteiger partial charge in [0.15, 0.2) is 5.84 Å². The van der Waals surface area contributed by atoms with Crippen LogP contribution in [0.4, 0.5) is 0 Å². The lowest BCUT2D eigenvalue weighted by molar-refractivity contribution is 0.0488. The van der Waals surface area contributed by atoms with Gasteiger partial charge in [-0.1, -0.05) is 18.7 Å². The molecule has 0 fully saturated rings. The van der Waals surface area contributed by atoms with Crippen molar-refractivity contribution in [2.24, 2.45) is 4.40 Å². The number of amidine groups is 1. The molecule has 0 bridgehead atoms. The second-order valence-corrected chi connectivity index (χ2v) is 7.57. The number of hydrogen-bond donors (Lipinski definition) is 0. The molecule has 0 radical (unpaired) electrons. The second-order valence-electron chi connectivity index (χ2n) is 6.00. The van der Waals surface area contributed by atoms with Gasteiger partial charge < -0.3 is 19.1 Å². The number of carbonyl (C=O) groups is 1. The minimum absolute atomic E-state index is 0.0239. The van der Waals surface area contributed by atoms with Gasteiger partial charge in [0.05, 0.1) is 25.7 Å². The molecule has 2 rings (SSSR count). The Kier molecular flexibility index (Phi) is 7.22. The number of likely N-dealkylation sites (N-methyl/N-ethyl adjacent to an activating group) is 1. The molecule has 1 aromatic carbocycles. The van der Waals surface area contributed by atoms with Crippen LogP contribution in [0.25, 0.3) is 0 Å². The summed E-state index contributed by atoms with van der Waals surface area (Å²) in [6, 6.07) is 4.78. The van der Waals surface area contributed by atoms with E-state index in [-0.39, 0.29) is 29.5 Å². The van der Waals surface area contributed by atoms with E-state index in [1.807, 2.05) is 0 Å². The molecule has 156 valence electrons. The van der Waals surface area contributed by atoms with Crippen LogP contribution in [0.1, 0.15) is 17.3 Å². The molecule has 0 aromatic heterocycles. The van der Waals surface area contributed by atoms with E-state index in [1.165, 1.54) is 20.3 Å². The number of nitrogens with zero attached hydrogens (tertiary/aromatic N) is 2. The van der Waals surface area contributed by atoms with Gasteiger partial charge in [-0.15, -0.1) is 4.40 Å². The third-order valence-corrected chi connectivity index (χ3v) is 5.52. The molecule has 29 heavy (non-hydrogen) atoms. The van der Waals surface area contributed by atoms with Crippen molar-refractivity contribution in [3.05, 3.63) is 59.0 Å². The monoisotopic (exact) mass is 420 g/mol. The maximum Gasteiger partial charge on any atom is 0.341 e. The van der Waals surface area contributed by atoms with Crippen molar-refractivity contribution in [2.75, 3.05) is 34.4 Å². The van der Waals surface area contributed by atoms with Crippen LogP contribution in [0.3, 0.4) is 0 Å². The number of rotatable bonds is 8. The van der Waals surface area contributed by atoms with E-state index >= 15 is 0 Å². The van der Waals surface area contributed by atoms with Gasteiger partial charge >= 0.3 is 5.97 Å². The van der Waals surface area contributed by atoms with Gasteiger partial charge in [-0.05, 0) is 25.1 Å². The number of benzene rings is 1. The molecule has 9 heteroatoms. The number of esters is 1. The highest BCUT2D eigenvalue weighted by Crippen LogP contribution is 2.27. The minimum atomic E-state index is -3.78. The lowest BCUT2D eigenvalue weighted by atomic mass is 10.2. The molecule has 0 unspecified atom stereocenters. The Hall–Kier alpha value is -3.07. The third-order valence-electron chi connectivity index (χ3n) is 4.16. The Morgan fingerprint density at radius 3 is 2.59 bits per heavy atom. The van der Waals surface area contributed by atoms with Crippen LogP contribution in [0.5, 0.6) is 11.5 Å². The highest BCUT2D eigenvalue weighted by molar-refractivity contribution is 7.94. The van der Waals surface area contributed by atoms with Gasteiger partial charge in [-0.2, -0.15) is 8.42 Å². The summed E-state index contributed by atoms with van der Waals surface area (Å²) in [7, 11) is 0.855. The summed E-state index contributed by atoms with van der Waals surface area (Å²) >= 11 is 0. The quantitative estimate of drug-likeness (QED) is 0.597. The number of hydrogen-bond acceptors (Lipinski definition) is 7. The maximum atomic E-state index is 12.4.